The van der Waals surface area contributed by atoms with E-state index in [0.717, 1.165) is 22.7 Å². The first kappa shape index (κ1) is 12.8. The summed E-state index contributed by atoms with van der Waals surface area (Å²) < 4.78 is 0. The number of aryl methyl sites for hydroxylation is 1. The zero-order valence-corrected chi connectivity index (χ0v) is 11.4. The van der Waals surface area contributed by atoms with Crippen molar-refractivity contribution in [2.75, 3.05) is 6.54 Å². The van der Waals surface area contributed by atoms with E-state index < -0.39 is 0 Å². The molecule has 1 N–H and O–H groups in total. The number of hydrogen-bond donors (Lipinski definition) is 1. The third-order valence-electron chi connectivity index (χ3n) is 2.63. The van der Waals surface area contributed by atoms with Crippen LogP contribution in [0.2, 0.25) is 0 Å². The molecule has 0 aliphatic carbocycles. The number of carbonyl (C=O) groups is 1. The lowest BCUT2D eigenvalue weighted by atomic mass is 10.1. The Morgan fingerprint density at radius 2 is 2.00 bits per heavy atom. The van der Waals surface area contributed by atoms with Gasteiger partial charge < -0.3 is 5.32 Å². The molecule has 94 valence electrons. The van der Waals surface area contributed by atoms with Crippen LogP contribution in [-0.4, -0.2) is 17.4 Å². The third kappa shape index (κ3) is 2.76. The van der Waals surface area contributed by atoms with Gasteiger partial charge in [0.05, 0.1) is 10.7 Å². The number of benzene rings is 1. The molecule has 0 radical (unpaired) electrons. The van der Waals surface area contributed by atoms with Crippen molar-refractivity contribution in [3.63, 3.8) is 0 Å². The van der Waals surface area contributed by atoms with Crippen molar-refractivity contribution >= 4 is 17.2 Å². The molecule has 3 nitrogen and oxygen atoms in total. The minimum absolute atomic E-state index is 0.0309. The Bertz CT molecular complexity index is 531. The Balaban J connectivity index is 2.19. The van der Waals surface area contributed by atoms with Crippen LogP contribution in [0.5, 0.6) is 0 Å². The second kappa shape index (κ2) is 5.78. The zero-order chi connectivity index (χ0) is 13.0. The number of nitrogens with zero attached hydrogens (tertiary/aromatic N) is 1. The largest absolute Gasteiger partial charge is 0.352 e. The van der Waals surface area contributed by atoms with Crippen molar-refractivity contribution in [3.8, 4) is 11.3 Å². The highest BCUT2D eigenvalue weighted by atomic mass is 32.1. The van der Waals surface area contributed by atoms with E-state index in [0.29, 0.717) is 12.1 Å². The van der Waals surface area contributed by atoms with Crippen molar-refractivity contribution in [3.05, 3.63) is 40.2 Å². The molecule has 1 aromatic carbocycles. The maximum atomic E-state index is 11.6. The molecular weight excluding hydrogens is 244 g/mol. The van der Waals surface area contributed by atoms with Crippen molar-refractivity contribution in [2.24, 2.45) is 0 Å². The van der Waals surface area contributed by atoms with E-state index in [1.807, 2.05) is 31.2 Å². The zero-order valence-electron chi connectivity index (χ0n) is 10.6. The molecule has 0 bridgehead atoms. The molecule has 0 fully saturated rings. The van der Waals surface area contributed by atoms with Crippen LogP contribution >= 0.6 is 11.3 Å². The molecule has 1 aromatic heterocycles. The first-order valence-corrected chi connectivity index (χ1v) is 6.95. The van der Waals surface area contributed by atoms with Gasteiger partial charge in [-0.1, -0.05) is 19.1 Å². The smallest absolute Gasteiger partial charge is 0.251 e. The van der Waals surface area contributed by atoms with E-state index in [4.69, 9.17) is 0 Å². The number of thiazole rings is 1. The summed E-state index contributed by atoms with van der Waals surface area (Å²) in [5, 5.41) is 5.97. The van der Waals surface area contributed by atoms with E-state index in [1.165, 1.54) is 0 Å². The van der Waals surface area contributed by atoms with Crippen LogP contribution in [0, 0.1) is 0 Å². The molecule has 0 aliphatic heterocycles. The fraction of sp³-hybridized carbons (Fsp3) is 0.286. The summed E-state index contributed by atoms with van der Waals surface area (Å²) in [5.41, 5.74) is 2.73. The average Bonchev–Trinajstić information content (AvgIpc) is 2.88. The Morgan fingerprint density at radius 3 is 2.56 bits per heavy atom. The highest BCUT2D eigenvalue weighted by Crippen LogP contribution is 2.22. The van der Waals surface area contributed by atoms with E-state index in [-0.39, 0.29) is 5.91 Å². The maximum absolute atomic E-state index is 11.6. The predicted octanol–water partition coefficient (Wildman–Crippen LogP) is 3.12. The lowest BCUT2D eigenvalue weighted by molar-refractivity contribution is 0.0956. The van der Waals surface area contributed by atoms with E-state index in [1.54, 1.807) is 11.3 Å². The lowest BCUT2D eigenvalue weighted by Crippen LogP contribution is -2.22. The molecule has 0 saturated carbocycles. The third-order valence-corrected chi connectivity index (χ3v) is 3.63. The Morgan fingerprint density at radius 1 is 1.28 bits per heavy atom. The van der Waals surface area contributed by atoms with Gasteiger partial charge in [0.1, 0.15) is 0 Å². The molecule has 0 atom stereocenters. The van der Waals surface area contributed by atoms with Gasteiger partial charge in [-0.05, 0) is 25.5 Å². The Labute approximate surface area is 111 Å². The lowest BCUT2D eigenvalue weighted by Gasteiger charge is -2.02. The SMILES string of the molecule is CCNC(=O)c1ccc(-c2csc(CC)n2)cc1. The maximum Gasteiger partial charge on any atom is 0.251 e. The first-order valence-electron chi connectivity index (χ1n) is 6.07. The van der Waals surface area contributed by atoms with Gasteiger partial charge in [-0.25, -0.2) is 4.98 Å². The van der Waals surface area contributed by atoms with Gasteiger partial charge in [-0.3, -0.25) is 4.79 Å². The van der Waals surface area contributed by atoms with Crippen LogP contribution in [-0.2, 0) is 6.42 Å². The summed E-state index contributed by atoms with van der Waals surface area (Å²) in [6.45, 7) is 4.65. The summed E-state index contributed by atoms with van der Waals surface area (Å²) in [6.07, 6.45) is 0.960. The van der Waals surface area contributed by atoms with Crippen molar-refractivity contribution in [2.45, 2.75) is 20.3 Å². The molecule has 4 heteroatoms. The van der Waals surface area contributed by atoms with Crippen LogP contribution in [0.15, 0.2) is 29.6 Å². The quantitative estimate of drug-likeness (QED) is 0.917. The van der Waals surface area contributed by atoms with Crippen molar-refractivity contribution < 1.29 is 4.79 Å². The van der Waals surface area contributed by atoms with E-state index in [2.05, 4.69) is 22.6 Å². The molecule has 2 aromatic rings. The number of hydrogen-bond acceptors (Lipinski definition) is 3. The second-order valence-electron chi connectivity index (χ2n) is 3.92. The normalized spacial score (nSPS) is 10.3. The van der Waals surface area contributed by atoms with Crippen LogP contribution < -0.4 is 5.32 Å². The highest BCUT2D eigenvalue weighted by molar-refractivity contribution is 7.09. The number of amides is 1. The summed E-state index contributed by atoms with van der Waals surface area (Å²) in [7, 11) is 0. The molecule has 1 amide bonds. The molecular formula is C14H16N2OS. The van der Waals surface area contributed by atoms with Crippen molar-refractivity contribution in [1.82, 2.24) is 10.3 Å². The molecule has 0 saturated heterocycles. The minimum Gasteiger partial charge on any atom is -0.352 e. The van der Waals surface area contributed by atoms with Gasteiger partial charge in [0.15, 0.2) is 0 Å². The fourth-order valence-corrected chi connectivity index (χ4v) is 2.42. The number of aromatic nitrogens is 1. The first-order chi connectivity index (χ1) is 8.74. The molecule has 18 heavy (non-hydrogen) atoms. The summed E-state index contributed by atoms with van der Waals surface area (Å²) in [4.78, 5) is 16.1. The second-order valence-corrected chi connectivity index (χ2v) is 4.86. The predicted molar refractivity (Wildman–Crippen MR) is 74.9 cm³/mol. The van der Waals surface area contributed by atoms with Gasteiger partial charge in [0.25, 0.3) is 5.91 Å². The molecule has 0 unspecified atom stereocenters. The van der Waals surface area contributed by atoms with Gasteiger partial charge in [0, 0.05) is 23.1 Å². The Hall–Kier alpha value is -1.68. The number of rotatable bonds is 4. The van der Waals surface area contributed by atoms with E-state index >= 15 is 0 Å². The monoisotopic (exact) mass is 260 g/mol. The van der Waals surface area contributed by atoms with Crippen LogP contribution in [0.1, 0.15) is 29.2 Å². The highest BCUT2D eigenvalue weighted by Gasteiger charge is 2.06. The molecule has 0 spiro atoms. The number of carbonyl (C=O) groups excluding carboxylic acids is 1. The van der Waals surface area contributed by atoms with Crippen LogP contribution in [0.25, 0.3) is 11.3 Å². The summed E-state index contributed by atoms with van der Waals surface area (Å²) in [5.74, 6) is -0.0309. The average molecular weight is 260 g/mol. The molecule has 1 heterocycles. The van der Waals surface area contributed by atoms with Gasteiger partial charge in [-0.15, -0.1) is 11.3 Å². The van der Waals surface area contributed by atoms with Gasteiger partial charge in [-0.2, -0.15) is 0 Å². The topological polar surface area (TPSA) is 42.0 Å². The van der Waals surface area contributed by atoms with Gasteiger partial charge in [0.2, 0.25) is 0 Å². The molecule has 0 aliphatic rings. The fourth-order valence-electron chi connectivity index (χ4n) is 1.66. The number of nitrogens with one attached hydrogen (secondary N) is 1. The summed E-state index contributed by atoms with van der Waals surface area (Å²) in [6, 6.07) is 7.56. The molecule has 2 rings (SSSR count). The van der Waals surface area contributed by atoms with Gasteiger partial charge >= 0.3 is 0 Å². The summed E-state index contributed by atoms with van der Waals surface area (Å²) >= 11 is 1.67. The Kier molecular flexibility index (Phi) is 4.10. The van der Waals surface area contributed by atoms with E-state index in [9.17, 15) is 4.79 Å². The standard InChI is InChI=1S/C14H16N2OS/c1-3-13-16-12(9-18-13)10-5-7-11(8-6-10)14(17)15-4-2/h5-9H,3-4H2,1-2H3,(H,15,17). The minimum atomic E-state index is -0.0309. The van der Waals surface area contributed by atoms with Crippen LogP contribution in [0.3, 0.4) is 0 Å². The van der Waals surface area contributed by atoms with Crippen LogP contribution in [0.4, 0.5) is 0 Å². The van der Waals surface area contributed by atoms with Crippen molar-refractivity contribution in [1.29, 1.82) is 0 Å².